The van der Waals surface area contributed by atoms with Crippen molar-refractivity contribution in [3.05, 3.63) is 59.7 Å². The molecule has 8 nitrogen and oxygen atoms in total. The minimum Gasteiger partial charge on any atom is -0.367 e. The number of para-hydroxylation sites is 1. The first-order valence-corrected chi connectivity index (χ1v) is 13.0. The summed E-state index contributed by atoms with van der Waals surface area (Å²) < 4.78 is 27.2. The van der Waals surface area contributed by atoms with Crippen molar-refractivity contribution in [2.75, 3.05) is 12.0 Å². The van der Waals surface area contributed by atoms with Crippen LogP contribution in [0.15, 0.2) is 53.4 Å². The Balaban J connectivity index is 1.35. The van der Waals surface area contributed by atoms with E-state index in [-0.39, 0.29) is 23.5 Å². The Labute approximate surface area is 198 Å². The van der Waals surface area contributed by atoms with E-state index in [1.54, 1.807) is 24.3 Å². The third kappa shape index (κ3) is 5.59. The Morgan fingerprint density at radius 2 is 1.79 bits per heavy atom. The molecule has 1 saturated carbocycles. The predicted octanol–water partition coefficient (Wildman–Crippen LogP) is 3.64. The highest BCUT2D eigenvalue weighted by atomic mass is 35.5. The number of benzene rings is 2. The average Bonchev–Trinajstić information content (AvgIpc) is 2.80. The average molecular weight is 491 g/mol. The van der Waals surface area contributed by atoms with Gasteiger partial charge in [0.15, 0.2) is 0 Å². The lowest BCUT2D eigenvalue weighted by atomic mass is 9.96. The minimum absolute atomic E-state index is 0.0101. The molecule has 2 aromatic rings. The molecule has 0 spiro atoms. The van der Waals surface area contributed by atoms with Gasteiger partial charge in [-0.05, 0) is 42.7 Å². The van der Waals surface area contributed by atoms with Gasteiger partial charge in [0.1, 0.15) is 5.50 Å². The van der Waals surface area contributed by atoms with Gasteiger partial charge >= 0.3 is 6.03 Å². The second kappa shape index (κ2) is 10.0. The molecule has 2 aliphatic rings. The highest BCUT2D eigenvalue weighted by molar-refractivity contribution is 7.90. The summed E-state index contributed by atoms with van der Waals surface area (Å²) in [7, 11) is -3.99. The molecule has 0 radical (unpaired) electrons. The zero-order valence-corrected chi connectivity index (χ0v) is 19.7. The van der Waals surface area contributed by atoms with E-state index in [1.807, 2.05) is 12.1 Å². The van der Waals surface area contributed by atoms with Crippen LogP contribution in [0, 0.1) is 0 Å². The Morgan fingerprint density at radius 1 is 1.09 bits per heavy atom. The van der Waals surface area contributed by atoms with Gasteiger partial charge in [-0.3, -0.25) is 4.79 Å². The Bertz CT molecular complexity index is 1120. The summed E-state index contributed by atoms with van der Waals surface area (Å²) >= 11 is 6.53. The molecule has 1 fully saturated rings. The van der Waals surface area contributed by atoms with E-state index in [0.717, 1.165) is 43.4 Å². The molecule has 0 bridgehead atoms. The number of anilines is 1. The highest BCUT2D eigenvalue weighted by Gasteiger charge is 2.29. The second-order valence-corrected chi connectivity index (χ2v) is 10.5. The summed E-state index contributed by atoms with van der Waals surface area (Å²) in [4.78, 5) is 26.4. The van der Waals surface area contributed by atoms with Crippen LogP contribution in [0.4, 0.5) is 10.5 Å². The summed E-state index contributed by atoms with van der Waals surface area (Å²) in [6.07, 6.45) is 5.28. The molecule has 3 N–H and O–H groups in total. The lowest BCUT2D eigenvalue weighted by Crippen LogP contribution is -2.45. The second-order valence-electron chi connectivity index (χ2n) is 8.35. The molecule has 10 heteroatoms. The maximum Gasteiger partial charge on any atom is 0.328 e. The van der Waals surface area contributed by atoms with Crippen molar-refractivity contribution in [2.45, 2.75) is 55.0 Å². The van der Waals surface area contributed by atoms with Crippen molar-refractivity contribution < 1.29 is 18.0 Å². The van der Waals surface area contributed by atoms with Gasteiger partial charge in [0.05, 0.1) is 17.1 Å². The molecule has 1 aliphatic heterocycles. The third-order valence-corrected chi connectivity index (χ3v) is 7.74. The number of halogens is 1. The third-order valence-electron chi connectivity index (χ3n) is 6.00. The monoisotopic (exact) mass is 490 g/mol. The topological polar surface area (TPSA) is 108 Å². The number of nitrogens with zero attached hydrogens (tertiary/aromatic N) is 1. The smallest absolute Gasteiger partial charge is 0.328 e. The molecule has 1 heterocycles. The summed E-state index contributed by atoms with van der Waals surface area (Å²) in [5, 5.41) is 5.92. The molecule has 0 aromatic heterocycles. The number of fused-ring (bicyclic) bond motifs is 1. The Kier molecular flexibility index (Phi) is 7.09. The van der Waals surface area contributed by atoms with Gasteiger partial charge < -0.3 is 15.5 Å². The molecule has 2 aromatic carbocycles. The number of sulfonamides is 1. The van der Waals surface area contributed by atoms with E-state index in [2.05, 4.69) is 15.4 Å². The fourth-order valence-corrected chi connectivity index (χ4v) is 5.45. The van der Waals surface area contributed by atoms with E-state index < -0.39 is 21.6 Å². The number of carbonyl (C=O) groups excluding carboxylic acids is 2. The van der Waals surface area contributed by atoms with Gasteiger partial charge in [0, 0.05) is 18.2 Å². The number of rotatable bonds is 6. The fraction of sp³-hybridized carbons (Fsp3) is 0.391. The van der Waals surface area contributed by atoms with E-state index in [1.165, 1.54) is 17.0 Å². The van der Waals surface area contributed by atoms with Crippen LogP contribution in [0.25, 0.3) is 0 Å². The first-order valence-electron chi connectivity index (χ1n) is 11.0. The van der Waals surface area contributed by atoms with Crippen molar-refractivity contribution in [3.63, 3.8) is 0 Å². The predicted molar refractivity (Wildman–Crippen MR) is 127 cm³/mol. The largest absolute Gasteiger partial charge is 0.367 e. The van der Waals surface area contributed by atoms with Crippen LogP contribution in [0.2, 0.25) is 0 Å². The van der Waals surface area contributed by atoms with Crippen molar-refractivity contribution >= 4 is 39.2 Å². The Hall–Kier alpha value is -2.78. The zero-order valence-electron chi connectivity index (χ0n) is 18.1. The van der Waals surface area contributed by atoms with Crippen LogP contribution in [0.3, 0.4) is 0 Å². The Morgan fingerprint density at radius 3 is 2.52 bits per heavy atom. The summed E-state index contributed by atoms with van der Waals surface area (Å²) in [5.41, 5.74) is 1.50. The van der Waals surface area contributed by atoms with Crippen LogP contribution in [0.1, 0.15) is 48.0 Å². The van der Waals surface area contributed by atoms with Crippen LogP contribution >= 0.6 is 11.6 Å². The number of alkyl halides is 1. The first-order chi connectivity index (χ1) is 15.8. The molecule has 0 saturated heterocycles. The minimum atomic E-state index is -3.99. The highest BCUT2D eigenvalue weighted by Crippen LogP contribution is 2.25. The van der Waals surface area contributed by atoms with Crippen LogP contribution in [0.5, 0.6) is 0 Å². The van der Waals surface area contributed by atoms with E-state index in [0.29, 0.717) is 12.0 Å². The van der Waals surface area contributed by atoms with E-state index in [9.17, 15) is 18.0 Å². The maximum absolute atomic E-state index is 12.8. The molecule has 4 rings (SSSR count). The number of amides is 3. The number of hydrogen-bond acceptors (Lipinski definition) is 5. The van der Waals surface area contributed by atoms with Gasteiger partial charge in [-0.1, -0.05) is 55.1 Å². The fourth-order valence-electron chi connectivity index (χ4n) is 4.20. The summed E-state index contributed by atoms with van der Waals surface area (Å²) in [5.74, 6) is -0.156. The van der Waals surface area contributed by atoms with Crippen LogP contribution in [-0.2, 0) is 16.4 Å². The molecular formula is C23H27ClN4O4S. The maximum atomic E-state index is 12.8. The van der Waals surface area contributed by atoms with Crippen LogP contribution < -0.4 is 15.4 Å². The SMILES string of the molecule is O=C(NC1CCCCC1)NS(=O)(=O)c1ccc(CC(Cl)N2CNc3ccccc3C2=O)cc1. The lowest BCUT2D eigenvalue weighted by molar-refractivity contribution is 0.0737. The molecule has 3 amide bonds. The number of carbonyl (C=O) groups is 2. The van der Waals surface area contributed by atoms with Crippen molar-refractivity contribution in [2.24, 2.45) is 0 Å². The van der Waals surface area contributed by atoms with Gasteiger partial charge in [-0.15, -0.1) is 0 Å². The van der Waals surface area contributed by atoms with Gasteiger partial charge in [0.25, 0.3) is 15.9 Å². The molecule has 1 unspecified atom stereocenters. The number of hydrogen-bond donors (Lipinski definition) is 3. The van der Waals surface area contributed by atoms with Crippen LogP contribution in [-0.4, -0.2) is 43.5 Å². The molecule has 176 valence electrons. The zero-order chi connectivity index (χ0) is 23.4. The lowest BCUT2D eigenvalue weighted by Gasteiger charge is -2.33. The summed E-state index contributed by atoms with van der Waals surface area (Å²) in [6, 6.07) is 12.7. The van der Waals surface area contributed by atoms with Crippen molar-refractivity contribution in [3.8, 4) is 0 Å². The molecule has 33 heavy (non-hydrogen) atoms. The van der Waals surface area contributed by atoms with Crippen molar-refractivity contribution in [1.82, 2.24) is 14.9 Å². The summed E-state index contributed by atoms with van der Waals surface area (Å²) in [6.45, 7) is 0.288. The molecular weight excluding hydrogens is 464 g/mol. The van der Waals surface area contributed by atoms with Gasteiger partial charge in [-0.2, -0.15) is 0 Å². The molecule has 1 aliphatic carbocycles. The first kappa shape index (κ1) is 23.4. The normalized spacial score (nSPS) is 17.6. The van der Waals surface area contributed by atoms with E-state index >= 15 is 0 Å². The quantitative estimate of drug-likeness (QED) is 0.423. The number of nitrogens with one attached hydrogen (secondary N) is 3. The van der Waals surface area contributed by atoms with E-state index in [4.69, 9.17) is 11.6 Å². The standard InChI is InChI=1S/C23H27ClN4O4S/c24-21(28-15-25-20-9-5-4-8-19(20)22(28)29)14-16-10-12-18(13-11-16)33(31,32)27-23(30)26-17-6-2-1-3-7-17/h4-5,8-13,17,21,25H,1-3,6-7,14-15H2,(H2,26,27,30). The number of urea groups is 1. The molecule has 1 atom stereocenters. The van der Waals surface area contributed by atoms with Crippen molar-refractivity contribution in [1.29, 1.82) is 0 Å². The van der Waals surface area contributed by atoms with Gasteiger partial charge in [0.2, 0.25) is 0 Å². The van der Waals surface area contributed by atoms with Gasteiger partial charge in [-0.25, -0.2) is 17.9 Å².